The van der Waals surface area contributed by atoms with Crippen molar-refractivity contribution in [3.05, 3.63) is 48.3 Å². The largest absolute Gasteiger partial charge is 0.321 e. The van der Waals surface area contributed by atoms with Crippen molar-refractivity contribution >= 4 is 38.3 Å². The minimum atomic E-state index is -3.49. The van der Waals surface area contributed by atoms with E-state index in [1.54, 1.807) is 41.3 Å². The van der Waals surface area contributed by atoms with E-state index in [2.05, 4.69) is 20.1 Å². The van der Waals surface area contributed by atoms with E-state index in [4.69, 9.17) is 0 Å². The Morgan fingerprint density at radius 1 is 1.19 bits per heavy atom. The van der Waals surface area contributed by atoms with Gasteiger partial charge in [0.1, 0.15) is 0 Å². The molecule has 0 aliphatic heterocycles. The lowest BCUT2D eigenvalue weighted by Crippen LogP contribution is -2.17. The summed E-state index contributed by atoms with van der Waals surface area (Å²) in [6.45, 7) is 4.02. The van der Waals surface area contributed by atoms with Crippen LogP contribution in [0.5, 0.6) is 0 Å². The first-order valence-electron chi connectivity index (χ1n) is 7.96. The van der Waals surface area contributed by atoms with Gasteiger partial charge in [0.2, 0.25) is 10.0 Å². The molecule has 2 aromatic heterocycles. The number of sulfonamides is 1. The van der Waals surface area contributed by atoms with Crippen molar-refractivity contribution in [1.29, 1.82) is 0 Å². The molecular formula is C17H19N5O3S. The van der Waals surface area contributed by atoms with Gasteiger partial charge in [-0.1, -0.05) is 12.1 Å². The smallest absolute Gasteiger partial charge is 0.257 e. The molecule has 1 aromatic carbocycles. The molecule has 2 N–H and O–H groups in total. The number of para-hydroxylation sites is 1. The van der Waals surface area contributed by atoms with Gasteiger partial charge in [-0.15, -0.1) is 0 Å². The molecule has 0 fully saturated rings. The molecule has 1 amide bonds. The highest BCUT2D eigenvalue weighted by Gasteiger charge is 2.15. The molecule has 0 spiro atoms. The molecule has 0 aliphatic rings. The fourth-order valence-corrected chi connectivity index (χ4v) is 3.13. The predicted molar refractivity (Wildman–Crippen MR) is 101 cm³/mol. The van der Waals surface area contributed by atoms with Crippen molar-refractivity contribution in [1.82, 2.24) is 14.8 Å². The normalized spacial score (nSPS) is 11.7. The van der Waals surface area contributed by atoms with Gasteiger partial charge >= 0.3 is 0 Å². The van der Waals surface area contributed by atoms with Crippen LogP contribution in [0.4, 0.5) is 11.4 Å². The average molecular weight is 373 g/mol. The van der Waals surface area contributed by atoms with Crippen LogP contribution in [0.2, 0.25) is 0 Å². The van der Waals surface area contributed by atoms with Crippen LogP contribution in [-0.2, 0) is 10.0 Å². The number of rotatable bonds is 5. The first-order chi connectivity index (χ1) is 12.2. The Kier molecular flexibility index (Phi) is 4.64. The molecule has 136 valence electrons. The Hall–Kier alpha value is -2.94. The quantitative estimate of drug-likeness (QED) is 0.715. The van der Waals surface area contributed by atoms with Crippen LogP contribution in [0.1, 0.15) is 30.2 Å². The van der Waals surface area contributed by atoms with Gasteiger partial charge in [0.05, 0.1) is 35.6 Å². The Morgan fingerprint density at radius 2 is 1.92 bits per heavy atom. The SMILES string of the molecule is CC(C)n1ncc2cc(NC(=O)c3ccccc3NS(C)(=O)=O)cnc21. The Bertz CT molecular complexity index is 1070. The van der Waals surface area contributed by atoms with Gasteiger partial charge in [-0.2, -0.15) is 5.10 Å². The second kappa shape index (κ2) is 6.75. The second-order valence-electron chi connectivity index (χ2n) is 6.19. The summed E-state index contributed by atoms with van der Waals surface area (Å²) >= 11 is 0. The Morgan fingerprint density at radius 3 is 2.62 bits per heavy atom. The van der Waals surface area contributed by atoms with E-state index >= 15 is 0 Å². The summed E-state index contributed by atoms with van der Waals surface area (Å²) in [4.78, 5) is 16.9. The third kappa shape index (κ3) is 3.83. The van der Waals surface area contributed by atoms with Crippen molar-refractivity contribution in [2.75, 3.05) is 16.3 Å². The van der Waals surface area contributed by atoms with Gasteiger partial charge in [-0.3, -0.25) is 9.52 Å². The monoisotopic (exact) mass is 373 g/mol. The topological polar surface area (TPSA) is 106 Å². The number of aromatic nitrogens is 3. The van der Waals surface area contributed by atoms with Crippen molar-refractivity contribution in [2.24, 2.45) is 0 Å². The summed E-state index contributed by atoms with van der Waals surface area (Å²) in [7, 11) is -3.49. The molecule has 0 radical (unpaired) electrons. The molecule has 26 heavy (non-hydrogen) atoms. The molecule has 9 heteroatoms. The summed E-state index contributed by atoms with van der Waals surface area (Å²) in [5.41, 5.74) is 1.67. The van der Waals surface area contributed by atoms with Crippen LogP contribution in [0.15, 0.2) is 42.7 Å². The van der Waals surface area contributed by atoms with Crippen LogP contribution in [0.3, 0.4) is 0 Å². The third-order valence-electron chi connectivity index (χ3n) is 3.65. The van der Waals surface area contributed by atoms with Crippen molar-refractivity contribution in [2.45, 2.75) is 19.9 Å². The number of hydrogen-bond donors (Lipinski definition) is 2. The fourth-order valence-electron chi connectivity index (χ4n) is 2.55. The summed E-state index contributed by atoms with van der Waals surface area (Å²) in [5, 5.41) is 7.84. The number of nitrogens with one attached hydrogen (secondary N) is 2. The number of fused-ring (bicyclic) bond motifs is 1. The van der Waals surface area contributed by atoms with E-state index in [0.717, 1.165) is 17.3 Å². The van der Waals surface area contributed by atoms with Crippen LogP contribution in [0, 0.1) is 0 Å². The highest BCUT2D eigenvalue weighted by atomic mass is 32.2. The Labute approximate surface area is 151 Å². The van der Waals surface area contributed by atoms with Gasteiger partial charge in [0.25, 0.3) is 5.91 Å². The lowest BCUT2D eigenvalue weighted by molar-refractivity contribution is 0.102. The zero-order chi connectivity index (χ0) is 18.9. The zero-order valence-electron chi connectivity index (χ0n) is 14.6. The molecule has 0 aliphatic carbocycles. The fraction of sp³-hybridized carbons (Fsp3) is 0.235. The molecule has 0 unspecified atom stereocenters. The van der Waals surface area contributed by atoms with E-state index < -0.39 is 15.9 Å². The number of carbonyl (C=O) groups is 1. The molecule has 2 heterocycles. The molecule has 0 saturated heterocycles. The first-order valence-corrected chi connectivity index (χ1v) is 9.85. The molecular weight excluding hydrogens is 354 g/mol. The second-order valence-corrected chi connectivity index (χ2v) is 7.94. The zero-order valence-corrected chi connectivity index (χ0v) is 15.4. The number of nitrogens with zero attached hydrogens (tertiary/aromatic N) is 3. The van der Waals surface area contributed by atoms with Gasteiger partial charge in [0, 0.05) is 11.4 Å². The molecule has 0 bridgehead atoms. The average Bonchev–Trinajstić information content (AvgIpc) is 2.97. The van der Waals surface area contributed by atoms with E-state index in [-0.39, 0.29) is 17.3 Å². The lowest BCUT2D eigenvalue weighted by Gasteiger charge is -2.11. The van der Waals surface area contributed by atoms with Gasteiger partial charge in [0.15, 0.2) is 5.65 Å². The minimum Gasteiger partial charge on any atom is -0.321 e. The number of amides is 1. The highest BCUT2D eigenvalue weighted by Crippen LogP contribution is 2.21. The molecule has 3 rings (SSSR count). The number of pyridine rings is 1. The van der Waals surface area contributed by atoms with Crippen LogP contribution in [-0.4, -0.2) is 35.3 Å². The van der Waals surface area contributed by atoms with Gasteiger partial charge in [-0.05, 0) is 32.0 Å². The number of carbonyl (C=O) groups excluding carboxylic acids is 1. The maximum absolute atomic E-state index is 12.6. The van der Waals surface area contributed by atoms with Gasteiger partial charge in [-0.25, -0.2) is 18.1 Å². The summed E-state index contributed by atoms with van der Waals surface area (Å²) < 4.78 is 27.1. The van der Waals surface area contributed by atoms with E-state index in [0.29, 0.717) is 5.69 Å². The number of anilines is 2. The molecule has 3 aromatic rings. The van der Waals surface area contributed by atoms with Crippen molar-refractivity contribution in [3.63, 3.8) is 0 Å². The lowest BCUT2D eigenvalue weighted by atomic mass is 10.1. The minimum absolute atomic E-state index is 0.175. The van der Waals surface area contributed by atoms with Crippen molar-refractivity contribution < 1.29 is 13.2 Å². The van der Waals surface area contributed by atoms with Crippen molar-refractivity contribution in [3.8, 4) is 0 Å². The number of benzene rings is 1. The van der Waals surface area contributed by atoms with E-state index in [1.807, 2.05) is 13.8 Å². The standard InChI is InChI=1S/C17H19N5O3S/c1-11(2)22-16-12(9-19-22)8-13(10-18-16)20-17(23)14-6-4-5-7-15(14)21-26(3,24)25/h4-11,21H,1-3H3,(H,20,23). The third-order valence-corrected chi connectivity index (χ3v) is 4.24. The van der Waals surface area contributed by atoms with Crippen LogP contribution in [0.25, 0.3) is 11.0 Å². The van der Waals surface area contributed by atoms with Gasteiger partial charge < -0.3 is 5.32 Å². The summed E-state index contributed by atoms with van der Waals surface area (Å²) in [6.07, 6.45) is 4.27. The maximum atomic E-state index is 12.6. The summed E-state index contributed by atoms with van der Waals surface area (Å²) in [6, 6.07) is 8.35. The highest BCUT2D eigenvalue weighted by molar-refractivity contribution is 7.92. The summed E-state index contributed by atoms with van der Waals surface area (Å²) in [5.74, 6) is -0.436. The molecule has 0 atom stereocenters. The predicted octanol–water partition coefficient (Wildman–Crippen LogP) is 2.64. The molecule has 8 nitrogen and oxygen atoms in total. The van der Waals surface area contributed by atoms with E-state index in [9.17, 15) is 13.2 Å². The Balaban J connectivity index is 1.88. The first kappa shape index (κ1) is 17.9. The maximum Gasteiger partial charge on any atom is 0.257 e. The van der Waals surface area contributed by atoms with Crippen LogP contribution < -0.4 is 10.0 Å². The number of hydrogen-bond acceptors (Lipinski definition) is 5. The van der Waals surface area contributed by atoms with Crippen LogP contribution >= 0.6 is 0 Å². The molecule has 0 saturated carbocycles. The van der Waals surface area contributed by atoms with E-state index in [1.165, 1.54) is 6.07 Å².